The lowest BCUT2D eigenvalue weighted by Crippen LogP contribution is -2.56. The van der Waals surface area contributed by atoms with Crippen molar-refractivity contribution in [1.82, 2.24) is 4.90 Å². The Labute approximate surface area is 113 Å². The van der Waals surface area contributed by atoms with Crippen molar-refractivity contribution in [3.63, 3.8) is 0 Å². The van der Waals surface area contributed by atoms with E-state index in [1.54, 1.807) is 11.0 Å². The molecular formula is C14H21NO4. The number of fused-ring (bicyclic) bond motifs is 3. The molecule has 0 unspecified atom stereocenters. The van der Waals surface area contributed by atoms with Crippen LogP contribution in [-0.2, 0) is 9.53 Å². The molecule has 1 saturated carbocycles. The lowest BCUT2D eigenvalue weighted by atomic mass is 9.65. The smallest absolute Gasteiger partial charge is 0.410 e. The third-order valence-corrected chi connectivity index (χ3v) is 4.39. The van der Waals surface area contributed by atoms with Crippen LogP contribution in [0.3, 0.4) is 0 Å². The van der Waals surface area contributed by atoms with Gasteiger partial charge < -0.3 is 14.7 Å². The van der Waals surface area contributed by atoms with Crippen LogP contribution in [0, 0.1) is 5.41 Å². The number of rotatable bonds is 5. The van der Waals surface area contributed by atoms with E-state index < -0.39 is 5.97 Å². The first kappa shape index (κ1) is 13.9. The minimum atomic E-state index is -0.761. The normalized spacial score (nSPS) is 29.1. The Balaban J connectivity index is 1.98. The first-order valence-corrected chi connectivity index (χ1v) is 6.82. The van der Waals surface area contributed by atoms with Gasteiger partial charge in [-0.15, -0.1) is 0 Å². The van der Waals surface area contributed by atoms with Crippen molar-refractivity contribution in [2.75, 3.05) is 13.2 Å². The van der Waals surface area contributed by atoms with Crippen molar-refractivity contribution in [2.45, 2.75) is 44.6 Å². The van der Waals surface area contributed by atoms with Crippen LogP contribution < -0.4 is 0 Å². The second kappa shape index (κ2) is 5.63. The zero-order chi connectivity index (χ0) is 13.9. The molecule has 1 amide bonds. The van der Waals surface area contributed by atoms with E-state index in [4.69, 9.17) is 9.84 Å². The molecule has 2 heterocycles. The summed E-state index contributed by atoms with van der Waals surface area (Å²) in [7, 11) is 0. The van der Waals surface area contributed by atoms with Crippen LogP contribution in [-0.4, -0.2) is 41.3 Å². The number of amides is 1. The van der Waals surface area contributed by atoms with E-state index in [1.165, 1.54) is 0 Å². The molecule has 1 aliphatic carbocycles. The highest BCUT2D eigenvalue weighted by atomic mass is 16.6. The quantitative estimate of drug-likeness (QED) is 0.777. The first-order valence-electron chi connectivity index (χ1n) is 6.82. The van der Waals surface area contributed by atoms with Gasteiger partial charge in [0.05, 0.1) is 0 Å². The second-order valence-electron chi connectivity index (χ2n) is 5.62. The Morgan fingerprint density at radius 2 is 2.11 bits per heavy atom. The van der Waals surface area contributed by atoms with E-state index in [0.717, 1.165) is 25.7 Å². The van der Waals surface area contributed by atoms with Crippen LogP contribution in [0.2, 0.25) is 0 Å². The van der Waals surface area contributed by atoms with Crippen LogP contribution in [0.5, 0.6) is 0 Å². The van der Waals surface area contributed by atoms with Gasteiger partial charge in [0.15, 0.2) is 0 Å². The molecule has 2 aliphatic heterocycles. The van der Waals surface area contributed by atoms with Gasteiger partial charge in [0, 0.05) is 19.0 Å². The SMILES string of the molecule is C=CCOC(=O)N1CC2(CCC(=O)O)CCC1CC2. The summed E-state index contributed by atoms with van der Waals surface area (Å²) in [5, 5.41) is 8.84. The van der Waals surface area contributed by atoms with E-state index in [1.807, 2.05) is 0 Å². The van der Waals surface area contributed by atoms with Crippen molar-refractivity contribution in [2.24, 2.45) is 5.41 Å². The summed E-state index contributed by atoms with van der Waals surface area (Å²) in [6, 6.07) is 0.268. The van der Waals surface area contributed by atoms with Gasteiger partial charge in [-0.05, 0) is 37.5 Å². The van der Waals surface area contributed by atoms with E-state index in [-0.39, 0.29) is 30.6 Å². The molecule has 0 aromatic heterocycles. The molecule has 0 radical (unpaired) electrons. The van der Waals surface area contributed by atoms with Gasteiger partial charge in [-0.1, -0.05) is 12.7 Å². The zero-order valence-electron chi connectivity index (χ0n) is 11.1. The lowest BCUT2D eigenvalue weighted by Gasteiger charge is -2.52. The summed E-state index contributed by atoms with van der Waals surface area (Å²) in [5.41, 5.74) is -0.0136. The first-order chi connectivity index (χ1) is 9.06. The number of carboxylic acid groups (broad SMARTS) is 1. The summed E-state index contributed by atoms with van der Waals surface area (Å²) in [4.78, 5) is 24.5. The van der Waals surface area contributed by atoms with Crippen LogP contribution in [0.4, 0.5) is 4.79 Å². The van der Waals surface area contributed by atoms with E-state index in [0.29, 0.717) is 13.0 Å². The maximum atomic E-state index is 12.0. The number of piperidine rings is 2. The minimum Gasteiger partial charge on any atom is -0.481 e. The monoisotopic (exact) mass is 267 g/mol. The maximum absolute atomic E-state index is 12.0. The number of nitrogens with zero attached hydrogens (tertiary/aromatic N) is 1. The van der Waals surface area contributed by atoms with E-state index in [9.17, 15) is 9.59 Å². The third kappa shape index (κ3) is 3.08. The third-order valence-electron chi connectivity index (χ3n) is 4.39. The molecule has 3 fully saturated rings. The Kier molecular flexibility index (Phi) is 4.12. The Morgan fingerprint density at radius 1 is 1.42 bits per heavy atom. The summed E-state index contributed by atoms with van der Waals surface area (Å²) in [6.45, 7) is 4.39. The molecule has 0 aromatic rings. The molecule has 2 bridgehead atoms. The standard InChI is InChI=1S/C14H21NO4/c1-2-9-19-13(18)15-10-14(8-5-12(16)17)6-3-11(15)4-7-14/h2,11H,1,3-10H2,(H,16,17). The molecule has 0 spiro atoms. The van der Waals surface area contributed by atoms with Gasteiger partial charge in [0.25, 0.3) is 0 Å². The van der Waals surface area contributed by atoms with Crippen molar-refractivity contribution < 1.29 is 19.4 Å². The molecule has 0 atom stereocenters. The molecular weight excluding hydrogens is 246 g/mol. The van der Waals surface area contributed by atoms with Crippen LogP contribution in [0.15, 0.2) is 12.7 Å². The van der Waals surface area contributed by atoms with Crippen molar-refractivity contribution in [1.29, 1.82) is 0 Å². The molecule has 5 nitrogen and oxygen atoms in total. The molecule has 106 valence electrons. The van der Waals surface area contributed by atoms with Crippen LogP contribution >= 0.6 is 0 Å². The van der Waals surface area contributed by atoms with Gasteiger partial charge in [-0.2, -0.15) is 0 Å². The maximum Gasteiger partial charge on any atom is 0.410 e. The van der Waals surface area contributed by atoms with Crippen LogP contribution in [0.25, 0.3) is 0 Å². The number of carbonyl (C=O) groups excluding carboxylic acids is 1. The van der Waals surface area contributed by atoms with Gasteiger partial charge in [-0.25, -0.2) is 4.79 Å². The van der Waals surface area contributed by atoms with Crippen LogP contribution in [0.1, 0.15) is 38.5 Å². The fraction of sp³-hybridized carbons (Fsp3) is 0.714. The van der Waals surface area contributed by atoms with E-state index in [2.05, 4.69) is 6.58 Å². The van der Waals surface area contributed by atoms with Crippen molar-refractivity contribution in [3.8, 4) is 0 Å². The number of carbonyl (C=O) groups is 2. The number of ether oxygens (including phenoxy) is 1. The summed E-state index contributed by atoms with van der Waals surface area (Å²) in [5.74, 6) is -0.761. The predicted octanol–water partition coefficient (Wildman–Crippen LogP) is 2.42. The highest BCUT2D eigenvalue weighted by Crippen LogP contribution is 2.47. The largest absolute Gasteiger partial charge is 0.481 e. The summed E-state index contributed by atoms with van der Waals surface area (Å²) >= 11 is 0. The average Bonchev–Trinajstić information content (AvgIpc) is 2.44. The van der Waals surface area contributed by atoms with Gasteiger partial charge in [0.2, 0.25) is 0 Å². The fourth-order valence-corrected chi connectivity index (χ4v) is 3.30. The molecule has 19 heavy (non-hydrogen) atoms. The topological polar surface area (TPSA) is 66.8 Å². The van der Waals surface area contributed by atoms with Gasteiger partial charge >= 0.3 is 12.1 Å². The zero-order valence-corrected chi connectivity index (χ0v) is 11.1. The number of carboxylic acids is 1. The Bertz CT molecular complexity index is 372. The second-order valence-corrected chi connectivity index (χ2v) is 5.62. The predicted molar refractivity (Wildman–Crippen MR) is 69.8 cm³/mol. The number of hydrogen-bond donors (Lipinski definition) is 1. The molecule has 5 heteroatoms. The van der Waals surface area contributed by atoms with E-state index >= 15 is 0 Å². The summed E-state index contributed by atoms with van der Waals surface area (Å²) in [6.07, 6.45) is 6.07. The van der Waals surface area contributed by atoms with Crippen molar-refractivity contribution in [3.05, 3.63) is 12.7 Å². The number of aliphatic carboxylic acids is 1. The molecule has 3 aliphatic rings. The Morgan fingerprint density at radius 3 is 2.68 bits per heavy atom. The fourth-order valence-electron chi connectivity index (χ4n) is 3.30. The molecule has 1 N–H and O–H groups in total. The van der Waals surface area contributed by atoms with Crippen molar-refractivity contribution >= 4 is 12.1 Å². The molecule has 2 saturated heterocycles. The average molecular weight is 267 g/mol. The molecule has 3 rings (SSSR count). The molecule has 0 aromatic carbocycles. The van der Waals surface area contributed by atoms with Gasteiger partial charge in [-0.3, -0.25) is 4.79 Å². The Hall–Kier alpha value is -1.52. The van der Waals surface area contributed by atoms with Gasteiger partial charge in [0.1, 0.15) is 6.61 Å². The number of hydrogen-bond acceptors (Lipinski definition) is 3. The highest BCUT2D eigenvalue weighted by Gasteiger charge is 2.46. The lowest BCUT2D eigenvalue weighted by molar-refractivity contribution is -0.138. The summed E-state index contributed by atoms with van der Waals surface area (Å²) < 4.78 is 5.11. The minimum absolute atomic E-state index is 0.0136. The highest BCUT2D eigenvalue weighted by molar-refractivity contribution is 5.69.